The van der Waals surface area contributed by atoms with Gasteiger partial charge in [0, 0.05) is 13.0 Å². The predicted molar refractivity (Wildman–Crippen MR) is 96.0 cm³/mol. The van der Waals surface area contributed by atoms with Crippen LogP contribution in [-0.4, -0.2) is 53.7 Å². The van der Waals surface area contributed by atoms with Crippen LogP contribution in [-0.2, 0) is 19.1 Å². The van der Waals surface area contributed by atoms with Crippen molar-refractivity contribution >= 4 is 18.0 Å². The third kappa shape index (κ3) is 6.40. The lowest BCUT2D eigenvalue weighted by molar-refractivity contribution is -0.154. The second-order valence-corrected chi connectivity index (χ2v) is 7.20. The molecule has 1 N–H and O–H groups in total. The largest absolute Gasteiger partial charge is 0.464 e. The van der Waals surface area contributed by atoms with E-state index in [2.05, 4.69) is 11.9 Å². The fourth-order valence-corrected chi connectivity index (χ4v) is 1.90. The summed E-state index contributed by atoms with van der Waals surface area (Å²) in [4.78, 5) is 38.2. The molecule has 0 aliphatic heterocycles. The molecule has 144 valence electrons. The summed E-state index contributed by atoms with van der Waals surface area (Å²) in [5.74, 6) is -1.41. The van der Waals surface area contributed by atoms with Gasteiger partial charge in [0.25, 0.3) is 0 Å². The number of amides is 2. The molecule has 0 aliphatic rings. The Labute approximate surface area is 150 Å². The topological polar surface area (TPSA) is 84.9 Å². The van der Waals surface area contributed by atoms with Crippen LogP contribution in [0, 0.1) is 5.92 Å². The third-order valence-electron chi connectivity index (χ3n) is 3.99. The van der Waals surface area contributed by atoms with E-state index in [1.54, 1.807) is 54.5 Å². The van der Waals surface area contributed by atoms with E-state index in [0.717, 1.165) is 0 Å². The van der Waals surface area contributed by atoms with E-state index in [1.807, 2.05) is 0 Å². The summed E-state index contributed by atoms with van der Waals surface area (Å²) >= 11 is 0. The Morgan fingerprint density at radius 2 is 1.72 bits per heavy atom. The number of nitrogens with one attached hydrogen (secondary N) is 1. The van der Waals surface area contributed by atoms with Crippen molar-refractivity contribution in [2.24, 2.45) is 5.92 Å². The van der Waals surface area contributed by atoms with Crippen LogP contribution < -0.4 is 5.32 Å². The summed E-state index contributed by atoms with van der Waals surface area (Å²) < 4.78 is 10.3. The van der Waals surface area contributed by atoms with Gasteiger partial charge in [-0.15, -0.1) is 6.58 Å². The summed E-state index contributed by atoms with van der Waals surface area (Å²) in [7, 11) is 1.47. The number of nitrogens with zero attached hydrogens (tertiary/aromatic N) is 1. The minimum atomic E-state index is -1.28. The van der Waals surface area contributed by atoms with Crippen LogP contribution in [0.2, 0.25) is 0 Å². The molecule has 25 heavy (non-hydrogen) atoms. The molecule has 0 aromatic heterocycles. The van der Waals surface area contributed by atoms with E-state index in [-0.39, 0.29) is 12.5 Å². The van der Waals surface area contributed by atoms with Crippen molar-refractivity contribution in [3.05, 3.63) is 12.7 Å². The summed E-state index contributed by atoms with van der Waals surface area (Å²) in [5, 5.41) is 2.69. The zero-order valence-corrected chi connectivity index (χ0v) is 16.6. The molecule has 0 radical (unpaired) electrons. The minimum absolute atomic E-state index is 0.196. The van der Waals surface area contributed by atoms with Gasteiger partial charge in [0.2, 0.25) is 5.91 Å². The zero-order valence-electron chi connectivity index (χ0n) is 16.6. The van der Waals surface area contributed by atoms with E-state index in [4.69, 9.17) is 9.47 Å². The molecule has 0 spiro atoms. The quantitative estimate of drug-likeness (QED) is 0.559. The average Bonchev–Trinajstić information content (AvgIpc) is 2.50. The molecule has 0 fully saturated rings. The fraction of sp³-hybridized carbons (Fsp3) is 0.722. The van der Waals surface area contributed by atoms with Gasteiger partial charge in [-0.1, -0.05) is 13.0 Å². The van der Waals surface area contributed by atoms with Crippen molar-refractivity contribution in [1.29, 1.82) is 0 Å². The van der Waals surface area contributed by atoms with Gasteiger partial charge < -0.3 is 14.8 Å². The molecule has 1 unspecified atom stereocenters. The Balaban J connectivity index is 5.26. The number of carbonyl (C=O) groups is 3. The molecular formula is C18H32N2O5. The van der Waals surface area contributed by atoms with Crippen LogP contribution in [0.3, 0.4) is 0 Å². The average molecular weight is 356 g/mol. The van der Waals surface area contributed by atoms with Crippen LogP contribution >= 0.6 is 0 Å². The van der Waals surface area contributed by atoms with E-state index in [0.29, 0.717) is 0 Å². The van der Waals surface area contributed by atoms with Crippen LogP contribution in [0.15, 0.2) is 12.7 Å². The lowest BCUT2D eigenvalue weighted by Gasteiger charge is -2.35. The second-order valence-electron chi connectivity index (χ2n) is 7.20. The second kappa shape index (κ2) is 8.87. The first-order valence-corrected chi connectivity index (χ1v) is 8.37. The van der Waals surface area contributed by atoms with Crippen LogP contribution in [0.1, 0.15) is 48.5 Å². The van der Waals surface area contributed by atoms with Gasteiger partial charge in [0.15, 0.2) is 0 Å². The Morgan fingerprint density at radius 3 is 2.12 bits per heavy atom. The van der Waals surface area contributed by atoms with Crippen molar-refractivity contribution in [3.8, 4) is 0 Å². The smallest absolute Gasteiger partial charge is 0.410 e. The highest BCUT2D eigenvalue weighted by molar-refractivity contribution is 5.91. The molecule has 0 bridgehead atoms. The van der Waals surface area contributed by atoms with Gasteiger partial charge in [-0.3, -0.25) is 9.69 Å². The molecule has 7 heteroatoms. The van der Waals surface area contributed by atoms with E-state index >= 15 is 0 Å². The molecule has 0 heterocycles. The fourth-order valence-electron chi connectivity index (χ4n) is 1.90. The van der Waals surface area contributed by atoms with Crippen molar-refractivity contribution in [3.63, 3.8) is 0 Å². The SMILES string of the molecule is C=CC(C)[C@@](C)(NC(=O)[C@H](C)N(C)C(=O)OC(C)(C)C)C(=O)OCC. The number of ether oxygens (including phenoxy) is 2. The van der Waals surface area contributed by atoms with Crippen molar-refractivity contribution < 1.29 is 23.9 Å². The highest BCUT2D eigenvalue weighted by Crippen LogP contribution is 2.21. The molecule has 0 aromatic rings. The number of hydrogen-bond donors (Lipinski definition) is 1. The van der Waals surface area contributed by atoms with Crippen LogP contribution in [0.4, 0.5) is 4.79 Å². The molecule has 0 saturated heterocycles. The predicted octanol–water partition coefficient (Wildman–Crippen LogP) is 2.50. The number of hydrogen-bond acceptors (Lipinski definition) is 5. The highest BCUT2D eigenvalue weighted by atomic mass is 16.6. The van der Waals surface area contributed by atoms with Gasteiger partial charge in [0.05, 0.1) is 6.61 Å². The first-order valence-electron chi connectivity index (χ1n) is 8.37. The van der Waals surface area contributed by atoms with Crippen molar-refractivity contribution in [1.82, 2.24) is 10.2 Å². The first-order chi connectivity index (χ1) is 11.3. The van der Waals surface area contributed by atoms with Crippen molar-refractivity contribution in [2.75, 3.05) is 13.7 Å². The first kappa shape index (κ1) is 22.9. The molecule has 7 nitrogen and oxygen atoms in total. The van der Waals surface area contributed by atoms with Crippen molar-refractivity contribution in [2.45, 2.75) is 65.6 Å². The number of likely N-dealkylation sites (N-methyl/N-ethyl adjacent to an activating group) is 1. The third-order valence-corrected chi connectivity index (χ3v) is 3.99. The van der Waals surface area contributed by atoms with E-state index in [1.165, 1.54) is 11.9 Å². The maximum atomic E-state index is 12.6. The number of esters is 1. The zero-order chi connectivity index (χ0) is 20.0. The number of rotatable bonds is 7. The summed E-state index contributed by atoms with van der Waals surface area (Å²) in [6.45, 7) is 15.7. The molecule has 2 amide bonds. The van der Waals surface area contributed by atoms with Crippen LogP contribution in [0.5, 0.6) is 0 Å². The molecular weight excluding hydrogens is 324 g/mol. The summed E-state index contributed by atoms with van der Waals surface area (Å²) in [6, 6.07) is -0.833. The summed E-state index contributed by atoms with van der Waals surface area (Å²) in [6.07, 6.45) is 0.948. The lowest BCUT2D eigenvalue weighted by atomic mass is 9.86. The number of carbonyl (C=O) groups excluding carboxylic acids is 3. The van der Waals surface area contributed by atoms with Gasteiger partial charge in [-0.05, 0) is 41.5 Å². The van der Waals surface area contributed by atoms with Gasteiger partial charge in [-0.2, -0.15) is 0 Å². The van der Waals surface area contributed by atoms with E-state index in [9.17, 15) is 14.4 Å². The van der Waals surface area contributed by atoms with Gasteiger partial charge >= 0.3 is 12.1 Å². The molecule has 0 aliphatic carbocycles. The molecule has 0 aromatic carbocycles. The van der Waals surface area contributed by atoms with Crippen LogP contribution in [0.25, 0.3) is 0 Å². The molecule has 0 rings (SSSR count). The Bertz CT molecular complexity index is 512. The standard InChI is InChI=1S/C18H32N2O5/c1-10-12(3)18(8,15(22)24-11-2)19-14(21)13(4)20(9)16(23)25-17(5,6)7/h10,12-13H,1,11H2,2-9H3,(H,19,21)/t12?,13-,18+/m0/s1. The van der Waals surface area contributed by atoms with Gasteiger partial charge in [-0.25, -0.2) is 9.59 Å². The minimum Gasteiger partial charge on any atom is -0.464 e. The Morgan fingerprint density at radius 1 is 1.20 bits per heavy atom. The maximum Gasteiger partial charge on any atom is 0.410 e. The normalized spacial score (nSPS) is 16.0. The van der Waals surface area contributed by atoms with Gasteiger partial charge in [0.1, 0.15) is 17.2 Å². The molecule has 0 saturated carbocycles. The monoisotopic (exact) mass is 356 g/mol. The summed E-state index contributed by atoms with van der Waals surface area (Å²) in [5.41, 5.74) is -1.95. The maximum absolute atomic E-state index is 12.6. The Hall–Kier alpha value is -2.05. The highest BCUT2D eigenvalue weighted by Gasteiger charge is 2.42. The molecule has 3 atom stereocenters. The van der Waals surface area contributed by atoms with E-state index < -0.39 is 35.2 Å². The lowest BCUT2D eigenvalue weighted by Crippen LogP contribution is -2.60. The Kier molecular flexibility index (Phi) is 8.15.